The first-order valence-electron chi connectivity index (χ1n) is 11.3. The van der Waals surface area contributed by atoms with Gasteiger partial charge in [-0.25, -0.2) is 12.7 Å². The van der Waals surface area contributed by atoms with E-state index in [2.05, 4.69) is 10.1 Å². The number of hydrogen-bond acceptors (Lipinski definition) is 5. The molecule has 2 aliphatic rings. The molecule has 2 aliphatic heterocycles. The van der Waals surface area contributed by atoms with E-state index in [-0.39, 0.29) is 35.6 Å². The molecule has 33 heavy (non-hydrogen) atoms. The summed E-state index contributed by atoms with van der Waals surface area (Å²) in [4.78, 5) is 27.3. The number of hydrogen-bond donors (Lipinski definition) is 1. The number of sulfonamides is 1. The van der Waals surface area contributed by atoms with Crippen molar-refractivity contribution in [3.63, 3.8) is 0 Å². The van der Waals surface area contributed by atoms with Crippen LogP contribution < -0.4 is 10.1 Å². The number of nitrogens with zero attached hydrogens (tertiary/aromatic N) is 2. The lowest BCUT2D eigenvalue weighted by Gasteiger charge is -2.35. The van der Waals surface area contributed by atoms with Crippen LogP contribution in [-0.4, -0.2) is 74.0 Å². The van der Waals surface area contributed by atoms with Gasteiger partial charge in [-0.1, -0.05) is 19.1 Å². The Morgan fingerprint density at radius 3 is 2.52 bits per heavy atom. The summed E-state index contributed by atoms with van der Waals surface area (Å²) in [5.74, 6) is -1.08. The molecule has 1 N–H and O–H groups in total. The van der Waals surface area contributed by atoms with Gasteiger partial charge in [0.15, 0.2) is 0 Å². The van der Waals surface area contributed by atoms with Crippen molar-refractivity contribution >= 4 is 21.8 Å². The van der Waals surface area contributed by atoms with Crippen molar-refractivity contribution in [2.24, 2.45) is 5.92 Å². The third-order valence-corrected chi connectivity index (χ3v) is 8.14. The summed E-state index contributed by atoms with van der Waals surface area (Å²) in [5.41, 5.74) is 0.0412. The average Bonchev–Trinajstić information content (AvgIpc) is 2.79. The van der Waals surface area contributed by atoms with Crippen molar-refractivity contribution in [2.75, 3.05) is 31.9 Å². The summed E-state index contributed by atoms with van der Waals surface area (Å²) in [5, 5.41) is 3.01. The molecule has 11 heteroatoms. The van der Waals surface area contributed by atoms with E-state index >= 15 is 0 Å². The first-order valence-corrected chi connectivity index (χ1v) is 12.9. The Balaban J connectivity index is 1.56. The number of amides is 2. The van der Waals surface area contributed by atoms with Gasteiger partial charge in [-0.05, 0) is 44.2 Å². The predicted octanol–water partition coefficient (Wildman–Crippen LogP) is 2.46. The number of likely N-dealkylation sites (tertiary alicyclic amines) is 1. The Hall–Kier alpha value is -2.27. The number of carbonyl (C=O) groups is 2. The molecule has 8 nitrogen and oxygen atoms in total. The topological polar surface area (TPSA) is 96.0 Å². The van der Waals surface area contributed by atoms with Gasteiger partial charge in [0, 0.05) is 32.2 Å². The largest absolute Gasteiger partial charge is 0.434 e. The molecule has 2 amide bonds. The van der Waals surface area contributed by atoms with Gasteiger partial charge in [0.2, 0.25) is 15.9 Å². The summed E-state index contributed by atoms with van der Waals surface area (Å²) in [7, 11) is -3.24. The molecule has 2 fully saturated rings. The van der Waals surface area contributed by atoms with Crippen LogP contribution in [0.2, 0.25) is 0 Å². The van der Waals surface area contributed by atoms with Crippen LogP contribution in [0.15, 0.2) is 24.3 Å². The highest BCUT2D eigenvalue weighted by Gasteiger charge is 2.33. The second kappa shape index (κ2) is 11.2. The molecule has 0 saturated carbocycles. The minimum Gasteiger partial charge on any atom is -0.434 e. The fourth-order valence-corrected chi connectivity index (χ4v) is 5.91. The molecule has 0 aliphatic carbocycles. The fourth-order valence-electron chi connectivity index (χ4n) is 4.37. The molecule has 0 spiro atoms. The Morgan fingerprint density at radius 1 is 1.15 bits per heavy atom. The van der Waals surface area contributed by atoms with E-state index in [1.165, 1.54) is 27.4 Å². The molecule has 184 valence electrons. The molecule has 1 unspecified atom stereocenters. The zero-order valence-electron chi connectivity index (χ0n) is 18.7. The molecule has 0 bridgehead atoms. The van der Waals surface area contributed by atoms with Gasteiger partial charge in [-0.2, -0.15) is 8.78 Å². The zero-order chi connectivity index (χ0) is 24.0. The number of alkyl halides is 2. The Bertz CT molecular complexity index is 936. The van der Waals surface area contributed by atoms with Crippen molar-refractivity contribution in [2.45, 2.75) is 51.7 Å². The smallest absolute Gasteiger partial charge is 0.387 e. The van der Waals surface area contributed by atoms with Crippen LogP contribution in [0.1, 0.15) is 49.4 Å². The Morgan fingerprint density at radius 2 is 1.85 bits per heavy atom. The van der Waals surface area contributed by atoms with Gasteiger partial charge >= 0.3 is 6.61 Å². The van der Waals surface area contributed by atoms with E-state index in [4.69, 9.17) is 0 Å². The number of rotatable bonds is 8. The lowest BCUT2D eigenvalue weighted by molar-refractivity contribution is -0.127. The van der Waals surface area contributed by atoms with E-state index < -0.39 is 28.5 Å². The SMILES string of the molecule is CCCS(=O)(=O)N1CCC(NC(=O)C2CCCN(C(=O)c3ccccc3OC(F)F)C2)CC1. The van der Waals surface area contributed by atoms with Crippen LogP contribution in [0.25, 0.3) is 0 Å². The van der Waals surface area contributed by atoms with Crippen LogP contribution in [0, 0.1) is 5.92 Å². The standard InChI is InChI=1S/C22H31F2N3O5S/c1-2-14-33(30,31)27-12-9-17(10-13-27)25-20(28)16-6-5-11-26(15-16)21(29)18-7-3-4-8-19(18)32-22(23)24/h3-4,7-8,16-17,22H,2,5-6,9-15H2,1H3,(H,25,28). The predicted molar refractivity (Wildman–Crippen MR) is 119 cm³/mol. The third kappa shape index (κ3) is 6.63. The number of halogens is 2. The molecule has 3 rings (SSSR count). The molecular weight excluding hydrogens is 456 g/mol. The van der Waals surface area contributed by atoms with Crippen molar-refractivity contribution in [1.82, 2.24) is 14.5 Å². The van der Waals surface area contributed by atoms with Crippen molar-refractivity contribution in [1.29, 1.82) is 0 Å². The minimum atomic E-state index is -3.24. The normalized spacial score (nSPS) is 20.6. The van der Waals surface area contributed by atoms with Gasteiger partial charge in [0.05, 0.1) is 17.2 Å². The maximum absolute atomic E-state index is 13.0. The Kier molecular flexibility index (Phi) is 8.63. The quantitative estimate of drug-likeness (QED) is 0.608. The summed E-state index contributed by atoms with van der Waals surface area (Å²) >= 11 is 0. The van der Waals surface area contributed by atoms with Crippen LogP contribution in [0.3, 0.4) is 0 Å². The maximum atomic E-state index is 13.0. The molecule has 0 aromatic heterocycles. The summed E-state index contributed by atoms with van der Waals surface area (Å²) in [6.07, 6.45) is 2.89. The van der Waals surface area contributed by atoms with Gasteiger partial charge in [0.25, 0.3) is 5.91 Å². The zero-order valence-corrected chi connectivity index (χ0v) is 19.5. The van der Waals surface area contributed by atoms with Gasteiger partial charge < -0.3 is 15.0 Å². The molecule has 2 heterocycles. The van der Waals surface area contributed by atoms with E-state index in [9.17, 15) is 26.8 Å². The lowest BCUT2D eigenvalue weighted by atomic mass is 9.95. The Labute approximate surface area is 193 Å². The molecule has 1 aromatic carbocycles. The molecule has 0 radical (unpaired) electrons. The number of carbonyl (C=O) groups excluding carboxylic acids is 2. The van der Waals surface area contributed by atoms with Crippen molar-refractivity contribution < 1.29 is 31.5 Å². The van der Waals surface area contributed by atoms with Gasteiger partial charge in [-0.3, -0.25) is 9.59 Å². The number of nitrogens with one attached hydrogen (secondary N) is 1. The first-order chi connectivity index (χ1) is 15.7. The van der Waals surface area contributed by atoms with Crippen LogP contribution >= 0.6 is 0 Å². The van der Waals surface area contributed by atoms with E-state index in [0.717, 1.165) is 0 Å². The molecular formula is C22H31F2N3O5S. The third-order valence-electron chi connectivity index (χ3n) is 6.07. The minimum absolute atomic E-state index is 0.0412. The van der Waals surface area contributed by atoms with E-state index in [1.807, 2.05) is 6.92 Å². The number of ether oxygens (including phenoxy) is 1. The maximum Gasteiger partial charge on any atom is 0.387 e. The fraction of sp³-hybridized carbons (Fsp3) is 0.636. The second-order valence-corrected chi connectivity index (χ2v) is 10.6. The number of piperidine rings is 2. The average molecular weight is 488 g/mol. The highest BCUT2D eigenvalue weighted by Crippen LogP contribution is 2.25. The van der Waals surface area contributed by atoms with E-state index in [0.29, 0.717) is 51.7 Å². The van der Waals surface area contributed by atoms with E-state index in [1.54, 1.807) is 6.07 Å². The van der Waals surface area contributed by atoms with Crippen LogP contribution in [0.4, 0.5) is 8.78 Å². The molecule has 2 saturated heterocycles. The lowest BCUT2D eigenvalue weighted by Crippen LogP contribution is -2.51. The van der Waals surface area contributed by atoms with Gasteiger partial charge in [-0.15, -0.1) is 0 Å². The van der Waals surface area contributed by atoms with Crippen molar-refractivity contribution in [3.8, 4) is 5.75 Å². The van der Waals surface area contributed by atoms with Crippen LogP contribution in [-0.2, 0) is 14.8 Å². The second-order valence-electron chi connectivity index (χ2n) is 8.46. The monoisotopic (exact) mass is 487 g/mol. The van der Waals surface area contributed by atoms with Crippen LogP contribution in [0.5, 0.6) is 5.75 Å². The summed E-state index contributed by atoms with van der Waals surface area (Å²) < 4.78 is 55.8. The number of para-hydroxylation sites is 1. The first kappa shape index (κ1) is 25.4. The van der Waals surface area contributed by atoms with Crippen molar-refractivity contribution in [3.05, 3.63) is 29.8 Å². The van der Waals surface area contributed by atoms with Gasteiger partial charge in [0.1, 0.15) is 5.75 Å². The summed E-state index contributed by atoms with van der Waals surface area (Å²) in [6, 6.07) is 5.73. The molecule has 1 atom stereocenters. The highest BCUT2D eigenvalue weighted by molar-refractivity contribution is 7.89. The number of benzene rings is 1. The highest BCUT2D eigenvalue weighted by atomic mass is 32.2. The molecule has 1 aromatic rings. The summed E-state index contributed by atoms with van der Waals surface area (Å²) in [6.45, 7) is 0.166.